The third kappa shape index (κ3) is 2.49. The minimum Gasteiger partial charge on any atom is -0.227 e. The van der Waals surface area contributed by atoms with E-state index in [1.807, 2.05) is 48.5 Å². The Morgan fingerprint density at radius 2 is 1.59 bits per heavy atom. The lowest BCUT2D eigenvalue weighted by Crippen LogP contribution is -1.91. The Labute approximate surface area is 137 Å². The van der Waals surface area contributed by atoms with Gasteiger partial charge in [0.05, 0.1) is 10.6 Å². The Morgan fingerprint density at radius 3 is 2.41 bits per heavy atom. The number of nitrogens with zero attached hydrogens (tertiary/aromatic N) is 2. The largest absolute Gasteiger partial charge is 0.227 e. The number of benzene rings is 2. The van der Waals surface area contributed by atoms with Crippen molar-refractivity contribution in [1.82, 2.24) is 9.97 Å². The van der Waals surface area contributed by atoms with Crippen LogP contribution in [0.5, 0.6) is 0 Å². The average Bonchev–Trinajstić information content (AvgIpc) is 2.99. The van der Waals surface area contributed by atoms with Gasteiger partial charge in [0.2, 0.25) is 0 Å². The van der Waals surface area contributed by atoms with Crippen LogP contribution in [0.3, 0.4) is 0 Å². The maximum absolute atomic E-state index is 6.20. The number of hydrogen-bond acceptors (Lipinski definition) is 3. The molecular weight excluding hydrogens is 312 g/mol. The normalized spacial score (nSPS) is 11.0. The first-order chi connectivity index (χ1) is 10.8. The Kier molecular flexibility index (Phi) is 3.37. The number of aromatic nitrogens is 2. The van der Waals surface area contributed by atoms with Gasteiger partial charge in [0.1, 0.15) is 5.15 Å². The molecule has 2 aromatic heterocycles. The molecular formula is C18H11ClN2S. The fourth-order valence-electron chi connectivity index (χ4n) is 2.37. The Bertz CT molecular complexity index is 915. The molecule has 0 saturated carbocycles. The number of halogens is 1. The molecule has 0 N–H and O–H groups in total. The van der Waals surface area contributed by atoms with E-state index in [-0.39, 0.29) is 0 Å². The summed E-state index contributed by atoms with van der Waals surface area (Å²) in [5.74, 6) is 0.653. The van der Waals surface area contributed by atoms with E-state index < -0.39 is 0 Å². The molecule has 4 rings (SSSR count). The summed E-state index contributed by atoms with van der Waals surface area (Å²) in [7, 11) is 0. The van der Waals surface area contributed by atoms with Gasteiger partial charge in [-0.05, 0) is 17.5 Å². The average molecular weight is 323 g/mol. The summed E-state index contributed by atoms with van der Waals surface area (Å²) >= 11 is 7.92. The zero-order valence-electron chi connectivity index (χ0n) is 11.5. The van der Waals surface area contributed by atoms with Crippen molar-refractivity contribution in [3.8, 4) is 22.0 Å². The third-order valence-corrected chi connectivity index (χ3v) is 4.74. The molecule has 0 fully saturated rings. The summed E-state index contributed by atoms with van der Waals surface area (Å²) in [4.78, 5) is 10.1. The highest BCUT2D eigenvalue weighted by Gasteiger charge is 2.10. The quantitative estimate of drug-likeness (QED) is 0.444. The molecule has 0 spiro atoms. The first-order valence-corrected chi connectivity index (χ1v) is 8.08. The lowest BCUT2D eigenvalue weighted by Gasteiger charge is -2.03. The van der Waals surface area contributed by atoms with Crippen LogP contribution < -0.4 is 0 Å². The topological polar surface area (TPSA) is 25.8 Å². The van der Waals surface area contributed by atoms with Gasteiger partial charge in [0.25, 0.3) is 0 Å². The second-order valence-electron chi connectivity index (χ2n) is 4.91. The molecule has 22 heavy (non-hydrogen) atoms. The summed E-state index contributed by atoms with van der Waals surface area (Å²) in [5.41, 5.74) is 1.83. The Balaban J connectivity index is 1.86. The van der Waals surface area contributed by atoms with Crippen LogP contribution in [0.25, 0.3) is 32.0 Å². The van der Waals surface area contributed by atoms with Crippen molar-refractivity contribution >= 4 is 33.0 Å². The predicted octanol–water partition coefficient (Wildman–Crippen LogP) is 5.68. The van der Waals surface area contributed by atoms with Crippen LogP contribution in [0, 0.1) is 0 Å². The highest BCUT2D eigenvalue weighted by atomic mass is 35.5. The zero-order valence-corrected chi connectivity index (χ0v) is 13.1. The van der Waals surface area contributed by atoms with Gasteiger partial charge in [0.15, 0.2) is 5.82 Å². The highest BCUT2D eigenvalue weighted by molar-refractivity contribution is 7.22. The number of rotatable bonds is 2. The molecule has 4 aromatic rings. The molecule has 2 aromatic carbocycles. The minimum absolute atomic E-state index is 0.460. The van der Waals surface area contributed by atoms with Crippen LogP contribution in [0.15, 0.2) is 66.7 Å². The third-order valence-electron chi connectivity index (χ3n) is 3.40. The van der Waals surface area contributed by atoms with E-state index >= 15 is 0 Å². The van der Waals surface area contributed by atoms with Gasteiger partial charge in [-0.1, -0.05) is 60.1 Å². The first kappa shape index (κ1) is 13.4. The standard InChI is InChI=1S/C18H11ClN2S/c19-17-11-14(16-10-13-8-4-5-9-15(13)22-16)20-18(21-17)12-6-2-1-3-7-12/h1-11H. The SMILES string of the molecule is Clc1cc(-c2cc3ccccc3s2)nc(-c2ccccc2)n1. The van der Waals surface area contributed by atoms with Crippen LogP contribution in [0.1, 0.15) is 0 Å². The fourth-order valence-corrected chi connectivity index (χ4v) is 3.58. The molecule has 0 unspecified atom stereocenters. The highest BCUT2D eigenvalue weighted by Crippen LogP contribution is 2.34. The predicted molar refractivity (Wildman–Crippen MR) is 93.3 cm³/mol. The van der Waals surface area contributed by atoms with E-state index in [4.69, 9.17) is 11.6 Å². The van der Waals surface area contributed by atoms with E-state index in [2.05, 4.69) is 28.2 Å². The van der Waals surface area contributed by atoms with E-state index in [0.717, 1.165) is 16.1 Å². The van der Waals surface area contributed by atoms with E-state index in [1.54, 1.807) is 11.3 Å². The number of fused-ring (bicyclic) bond motifs is 1. The van der Waals surface area contributed by atoms with Crippen molar-refractivity contribution < 1.29 is 0 Å². The van der Waals surface area contributed by atoms with Gasteiger partial charge in [-0.25, -0.2) is 9.97 Å². The summed E-state index contributed by atoms with van der Waals surface area (Å²) in [5, 5.41) is 1.68. The van der Waals surface area contributed by atoms with Gasteiger partial charge < -0.3 is 0 Å². The number of hydrogen-bond donors (Lipinski definition) is 0. The first-order valence-electron chi connectivity index (χ1n) is 6.88. The monoisotopic (exact) mass is 322 g/mol. The Morgan fingerprint density at radius 1 is 0.818 bits per heavy atom. The van der Waals surface area contributed by atoms with Gasteiger partial charge in [-0.15, -0.1) is 11.3 Å². The van der Waals surface area contributed by atoms with Crippen LogP contribution in [0.2, 0.25) is 5.15 Å². The zero-order chi connectivity index (χ0) is 14.9. The van der Waals surface area contributed by atoms with E-state index in [1.165, 1.54) is 10.1 Å². The molecule has 0 aliphatic heterocycles. The van der Waals surface area contributed by atoms with Crippen LogP contribution >= 0.6 is 22.9 Å². The van der Waals surface area contributed by atoms with Crippen molar-refractivity contribution in [3.05, 3.63) is 71.9 Å². The van der Waals surface area contributed by atoms with E-state index in [9.17, 15) is 0 Å². The van der Waals surface area contributed by atoms with Crippen LogP contribution in [0.4, 0.5) is 0 Å². The van der Waals surface area contributed by atoms with Crippen LogP contribution in [-0.2, 0) is 0 Å². The minimum atomic E-state index is 0.460. The molecule has 0 aliphatic carbocycles. The van der Waals surface area contributed by atoms with Crippen molar-refractivity contribution in [2.45, 2.75) is 0 Å². The molecule has 0 aliphatic rings. The molecule has 0 bridgehead atoms. The molecule has 0 amide bonds. The van der Waals surface area contributed by atoms with Gasteiger partial charge >= 0.3 is 0 Å². The van der Waals surface area contributed by atoms with Crippen molar-refractivity contribution in [2.75, 3.05) is 0 Å². The fraction of sp³-hybridized carbons (Fsp3) is 0. The second kappa shape index (κ2) is 5.52. The van der Waals surface area contributed by atoms with Crippen molar-refractivity contribution in [3.63, 3.8) is 0 Å². The van der Waals surface area contributed by atoms with Gasteiger partial charge in [-0.2, -0.15) is 0 Å². The molecule has 0 saturated heterocycles. The molecule has 0 radical (unpaired) electrons. The van der Waals surface area contributed by atoms with Crippen molar-refractivity contribution in [2.24, 2.45) is 0 Å². The van der Waals surface area contributed by atoms with Crippen LogP contribution in [-0.4, -0.2) is 9.97 Å². The van der Waals surface area contributed by atoms with Crippen molar-refractivity contribution in [1.29, 1.82) is 0 Å². The molecule has 0 atom stereocenters. The molecule has 106 valence electrons. The summed E-state index contributed by atoms with van der Waals surface area (Å²) in [6, 6.07) is 22.2. The van der Waals surface area contributed by atoms with E-state index in [0.29, 0.717) is 11.0 Å². The smallest absolute Gasteiger partial charge is 0.161 e. The maximum Gasteiger partial charge on any atom is 0.161 e. The summed E-state index contributed by atoms with van der Waals surface area (Å²) in [6.45, 7) is 0. The lowest BCUT2D eigenvalue weighted by atomic mass is 10.2. The summed E-state index contributed by atoms with van der Waals surface area (Å²) in [6.07, 6.45) is 0. The molecule has 2 nitrogen and oxygen atoms in total. The number of thiophene rings is 1. The molecule has 2 heterocycles. The molecule has 4 heteroatoms. The second-order valence-corrected chi connectivity index (χ2v) is 6.39. The van der Waals surface area contributed by atoms with Gasteiger partial charge in [-0.3, -0.25) is 0 Å². The Hall–Kier alpha value is -2.23. The summed E-state index contributed by atoms with van der Waals surface area (Å²) < 4.78 is 1.24. The maximum atomic E-state index is 6.20. The lowest BCUT2D eigenvalue weighted by molar-refractivity contribution is 1.18. The van der Waals surface area contributed by atoms with Gasteiger partial charge in [0, 0.05) is 16.3 Å².